The molecule has 90 valence electrons. The Morgan fingerprint density at radius 3 is 1.89 bits per heavy atom. The van der Waals surface area contributed by atoms with Gasteiger partial charge in [-0.2, -0.15) is 0 Å². The van der Waals surface area contributed by atoms with Gasteiger partial charge in [0.25, 0.3) is 0 Å². The summed E-state index contributed by atoms with van der Waals surface area (Å²) in [6.07, 6.45) is 1.91. The predicted octanol–water partition coefficient (Wildman–Crippen LogP) is 3.11. The lowest BCUT2D eigenvalue weighted by Crippen LogP contribution is -2.03. The van der Waals surface area contributed by atoms with Gasteiger partial charge in [-0.25, -0.2) is 0 Å². The number of hydrogen-bond acceptors (Lipinski definition) is 2. The van der Waals surface area contributed by atoms with E-state index in [1.54, 1.807) is 7.05 Å². The first kappa shape index (κ1) is 12.1. The van der Waals surface area contributed by atoms with Crippen molar-refractivity contribution in [3.05, 3.63) is 77.9 Å². The SMILES string of the molecule is CN=C(C=C(N)c1ccccc1)c1ccccc1. The first-order chi connectivity index (χ1) is 8.81. The van der Waals surface area contributed by atoms with E-state index in [0.717, 1.165) is 22.5 Å². The fourth-order valence-corrected chi connectivity index (χ4v) is 1.75. The Morgan fingerprint density at radius 1 is 0.889 bits per heavy atom. The van der Waals surface area contributed by atoms with E-state index in [1.165, 1.54) is 0 Å². The average Bonchev–Trinajstić information content (AvgIpc) is 2.46. The molecule has 0 fully saturated rings. The molecule has 18 heavy (non-hydrogen) atoms. The van der Waals surface area contributed by atoms with Crippen LogP contribution in [0.3, 0.4) is 0 Å². The van der Waals surface area contributed by atoms with Crippen LogP contribution in [0.5, 0.6) is 0 Å². The molecule has 0 aliphatic carbocycles. The zero-order valence-corrected chi connectivity index (χ0v) is 10.4. The minimum absolute atomic E-state index is 0.722. The molecular formula is C16H16N2. The van der Waals surface area contributed by atoms with Crippen molar-refractivity contribution in [1.82, 2.24) is 0 Å². The molecule has 0 aliphatic heterocycles. The molecule has 0 aliphatic rings. The smallest absolute Gasteiger partial charge is 0.0663 e. The van der Waals surface area contributed by atoms with Gasteiger partial charge in [-0.1, -0.05) is 60.7 Å². The van der Waals surface area contributed by atoms with Crippen molar-refractivity contribution >= 4 is 11.4 Å². The molecule has 2 rings (SSSR count). The first-order valence-electron chi connectivity index (χ1n) is 5.86. The second-order valence-corrected chi connectivity index (χ2v) is 3.94. The van der Waals surface area contributed by atoms with Crippen molar-refractivity contribution in [2.75, 3.05) is 7.05 Å². The van der Waals surface area contributed by atoms with Crippen LogP contribution < -0.4 is 5.73 Å². The summed E-state index contributed by atoms with van der Waals surface area (Å²) in [5, 5.41) is 0. The van der Waals surface area contributed by atoms with Gasteiger partial charge >= 0.3 is 0 Å². The monoisotopic (exact) mass is 236 g/mol. The molecule has 0 amide bonds. The summed E-state index contributed by atoms with van der Waals surface area (Å²) >= 11 is 0. The lowest BCUT2D eigenvalue weighted by atomic mass is 10.1. The normalized spacial score (nSPS) is 12.5. The molecule has 0 atom stereocenters. The molecule has 2 aromatic rings. The third kappa shape index (κ3) is 2.86. The van der Waals surface area contributed by atoms with Gasteiger partial charge in [-0.05, 0) is 17.2 Å². The summed E-state index contributed by atoms with van der Waals surface area (Å²) in [6, 6.07) is 19.9. The maximum atomic E-state index is 6.09. The zero-order valence-electron chi connectivity index (χ0n) is 10.4. The molecule has 2 N–H and O–H groups in total. The van der Waals surface area contributed by atoms with Crippen LogP contribution in [0.4, 0.5) is 0 Å². The summed E-state index contributed by atoms with van der Waals surface area (Å²) in [5.41, 5.74) is 9.77. The minimum Gasteiger partial charge on any atom is -0.398 e. The summed E-state index contributed by atoms with van der Waals surface area (Å²) in [4.78, 5) is 4.28. The Hall–Kier alpha value is -2.35. The Balaban J connectivity index is 2.32. The fourth-order valence-electron chi connectivity index (χ4n) is 1.75. The Labute approximate surface area is 107 Å². The summed E-state index contributed by atoms with van der Waals surface area (Å²) in [5.74, 6) is 0. The minimum atomic E-state index is 0.722. The van der Waals surface area contributed by atoms with E-state index in [4.69, 9.17) is 5.73 Å². The van der Waals surface area contributed by atoms with Gasteiger partial charge in [0.1, 0.15) is 0 Å². The van der Waals surface area contributed by atoms with Crippen LogP contribution in [0.25, 0.3) is 5.70 Å². The van der Waals surface area contributed by atoms with Gasteiger partial charge in [0, 0.05) is 12.7 Å². The highest BCUT2D eigenvalue weighted by molar-refractivity contribution is 6.11. The Kier molecular flexibility index (Phi) is 3.92. The third-order valence-corrected chi connectivity index (χ3v) is 2.71. The number of nitrogens with two attached hydrogens (primary N) is 1. The van der Waals surface area contributed by atoms with Crippen LogP contribution in [-0.2, 0) is 0 Å². The fraction of sp³-hybridized carbons (Fsp3) is 0.0625. The number of benzene rings is 2. The van der Waals surface area contributed by atoms with Crippen molar-refractivity contribution in [1.29, 1.82) is 0 Å². The van der Waals surface area contributed by atoms with E-state index in [-0.39, 0.29) is 0 Å². The largest absolute Gasteiger partial charge is 0.398 e. The molecule has 2 aromatic carbocycles. The van der Waals surface area contributed by atoms with Gasteiger partial charge in [-0.15, -0.1) is 0 Å². The van der Waals surface area contributed by atoms with Crippen molar-refractivity contribution in [2.45, 2.75) is 0 Å². The topological polar surface area (TPSA) is 38.4 Å². The van der Waals surface area contributed by atoms with Crippen LogP contribution >= 0.6 is 0 Å². The highest BCUT2D eigenvalue weighted by Gasteiger charge is 2.01. The van der Waals surface area contributed by atoms with E-state index >= 15 is 0 Å². The highest BCUT2D eigenvalue weighted by atomic mass is 14.7. The maximum absolute atomic E-state index is 6.09. The van der Waals surface area contributed by atoms with Gasteiger partial charge < -0.3 is 5.73 Å². The molecular weight excluding hydrogens is 220 g/mol. The zero-order chi connectivity index (χ0) is 12.8. The van der Waals surface area contributed by atoms with Gasteiger partial charge in [0.15, 0.2) is 0 Å². The van der Waals surface area contributed by atoms with Crippen molar-refractivity contribution in [2.24, 2.45) is 10.7 Å². The van der Waals surface area contributed by atoms with E-state index in [0.29, 0.717) is 0 Å². The maximum Gasteiger partial charge on any atom is 0.0663 e. The van der Waals surface area contributed by atoms with Crippen LogP contribution in [0, 0.1) is 0 Å². The second kappa shape index (κ2) is 5.82. The number of allylic oxidation sites excluding steroid dienone is 1. The number of rotatable bonds is 3. The Bertz CT molecular complexity index is 554. The molecule has 0 radical (unpaired) electrons. The quantitative estimate of drug-likeness (QED) is 0.817. The molecule has 0 bridgehead atoms. The first-order valence-corrected chi connectivity index (χ1v) is 5.86. The van der Waals surface area contributed by atoms with E-state index < -0.39 is 0 Å². The van der Waals surface area contributed by atoms with Gasteiger partial charge in [0.2, 0.25) is 0 Å². The van der Waals surface area contributed by atoms with Crippen LogP contribution in [0.2, 0.25) is 0 Å². The van der Waals surface area contributed by atoms with E-state index in [1.807, 2.05) is 66.7 Å². The average molecular weight is 236 g/mol. The van der Waals surface area contributed by atoms with Gasteiger partial charge in [0.05, 0.1) is 5.71 Å². The molecule has 0 spiro atoms. The molecule has 2 nitrogen and oxygen atoms in total. The Morgan fingerprint density at radius 2 is 1.39 bits per heavy atom. The van der Waals surface area contributed by atoms with E-state index in [9.17, 15) is 0 Å². The second-order valence-electron chi connectivity index (χ2n) is 3.94. The summed E-state index contributed by atoms with van der Waals surface area (Å²) < 4.78 is 0. The molecule has 2 heteroatoms. The lowest BCUT2D eigenvalue weighted by molar-refractivity contribution is 1.43. The third-order valence-electron chi connectivity index (χ3n) is 2.71. The molecule has 0 saturated carbocycles. The number of hydrogen-bond donors (Lipinski definition) is 1. The number of aliphatic imine (C=N–C) groups is 1. The molecule has 0 saturated heterocycles. The summed E-state index contributed by atoms with van der Waals surface area (Å²) in [7, 11) is 1.77. The standard InChI is InChI=1S/C16H16N2/c1-18-16(14-10-6-3-7-11-14)12-15(17)13-8-4-2-5-9-13/h2-12H,17H2,1H3. The van der Waals surface area contributed by atoms with Crippen LogP contribution in [-0.4, -0.2) is 12.8 Å². The van der Waals surface area contributed by atoms with Gasteiger partial charge in [-0.3, -0.25) is 4.99 Å². The molecule has 0 unspecified atom stereocenters. The predicted molar refractivity (Wildman–Crippen MR) is 77.5 cm³/mol. The number of nitrogens with zero attached hydrogens (tertiary/aromatic N) is 1. The lowest BCUT2D eigenvalue weighted by Gasteiger charge is -2.04. The summed E-state index contributed by atoms with van der Waals surface area (Å²) in [6.45, 7) is 0. The highest BCUT2D eigenvalue weighted by Crippen LogP contribution is 2.10. The van der Waals surface area contributed by atoms with E-state index in [2.05, 4.69) is 4.99 Å². The van der Waals surface area contributed by atoms with Crippen molar-refractivity contribution < 1.29 is 0 Å². The molecule has 0 aromatic heterocycles. The van der Waals surface area contributed by atoms with Crippen molar-refractivity contribution in [3.63, 3.8) is 0 Å². The van der Waals surface area contributed by atoms with Crippen LogP contribution in [0.1, 0.15) is 11.1 Å². The van der Waals surface area contributed by atoms with Crippen molar-refractivity contribution in [3.8, 4) is 0 Å². The molecule has 0 heterocycles. The van der Waals surface area contributed by atoms with Crippen LogP contribution in [0.15, 0.2) is 71.7 Å².